The fraction of sp³-hybridized carbons (Fsp3) is 0.200. The summed E-state index contributed by atoms with van der Waals surface area (Å²) in [6, 6.07) is 8.31. The van der Waals surface area contributed by atoms with Crippen LogP contribution in [0.2, 0.25) is 0 Å². The van der Waals surface area contributed by atoms with Gasteiger partial charge in [-0.15, -0.1) is 0 Å². The average molecular weight is 314 g/mol. The molecule has 0 saturated carbocycles. The highest BCUT2D eigenvalue weighted by Crippen LogP contribution is 2.27. The summed E-state index contributed by atoms with van der Waals surface area (Å²) in [6.45, 7) is 0.907. The lowest BCUT2D eigenvalue weighted by Gasteiger charge is -2.17. The summed E-state index contributed by atoms with van der Waals surface area (Å²) in [5.41, 5.74) is 5.34. The number of carbonyl (C=O) groups excluding carboxylic acids is 2. The van der Waals surface area contributed by atoms with Gasteiger partial charge in [-0.25, -0.2) is 4.98 Å². The van der Waals surface area contributed by atoms with Gasteiger partial charge < -0.3 is 9.47 Å². The van der Waals surface area contributed by atoms with Crippen molar-refractivity contribution in [2.45, 2.75) is 6.42 Å². The van der Waals surface area contributed by atoms with E-state index in [1.165, 1.54) is 6.20 Å². The predicted octanol–water partition coefficient (Wildman–Crippen LogP) is 0.251. The molecule has 0 unspecified atom stereocenters. The summed E-state index contributed by atoms with van der Waals surface area (Å²) in [6.07, 6.45) is 1.50. The molecular formula is C15H14N4O4. The van der Waals surface area contributed by atoms with Gasteiger partial charge in [-0.2, -0.15) is 0 Å². The molecule has 0 spiro atoms. The topological polar surface area (TPSA) is 102 Å². The van der Waals surface area contributed by atoms with Crippen molar-refractivity contribution in [1.29, 1.82) is 0 Å². The number of fused-ring (bicyclic) bond motifs is 1. The fourth-order valence-corrected chi connectivity index (χ4v) is 1.96. The Morgan fingerprint density at radius 2 is 1.96 bits per heavy atom. The number of hydrogen-bond donors (Lipinski definition) is 2. The Bertz CT molecular complexity index is 721. The average Bonchev–Trinajstić information content (AvgIpc) is 2.60. The van der Waals surface area contributed by atoms with Gasteiger partial charge >= 0.3 is 0 Å². The minimum absolute atomic E-state index is 0.000855. The highest BCUT2D eigenvalue weighted by atomic mass is 16.6. The smallest absolute Gasteiger partial charge is 0.288 e. The van der Waals surface area contributed by atoms with Gasteiger partial charge in [0.25, 0.3) is 11.8 Å². The number of nitrogens with zero attached hydrogens (tertiary/aromatic N) is 2. The maximum Gasteiger partial charge on any atom is 0.288 e. The zero-order valence-corrected chi connectivity index (χ0v) is 12.1. The lowest BCUT2D eigenvalue weighted by Crippen LogP contribution is -2.42. The maximum atomic E-state index is 11.9. The molecule has 0 aromatic carbocycles. The molecule has 2 amide bonds. The Balaban J connectivity index is 1.54. The van der Waals surface area contributed by atoms with E-state index in [0.717, 1.165) is 0 Å². The van der Waals surface area contributed by atoms with Crippen molar-refractivity contribution in [2.75, 3.05) is 13.2 Å². The van der Waals surface area contributed by atoms with E-state index in [-0.39, 0.29) is 12.1 Å². The Morgan fingerprint density at radius 3 is 2.78 bits per heavy atom. The van der Waals surface area contributed by atoms with Crippen LogP contribution in [-0.4, -0.2) is 35.0 Å². The first-order valence-corrected chi connectivity index (χ1v) is 6.98. The van der Waals surface area contributed by atoms with Crippen LogP contribution < -0.4 is 20.3 Å². The SMILES string of the molecule is O=C(Cc1ccc2c(n1)OCCO2)NNC(=O)c1ccccn1. The van der Waals surface area contributed by atoms with Crippen molar-refractivity contribution in [3.63, 3.8) is 0 Å². The molecule has 0 saturated heterocycles. The van der Waals surface area contributed by atoms with Crippen molar-refractivity contribution in [3.8, 4) is 11.6 Å². The maximum absolute atomic E-state index is 11.9. The van der Waals surface area contributed by atoms with E-state index in [1.807, 2.05) is 0 Å². The van der Waals surface area contributed by atoms with Crippen LogP contribution >= 0.6 is 0 Å². The number of ether oxygens (including phenoxy) is 2. The van der Waals surface area contributed by atoms with Gasteiger partial charge in [0, 0.05) is 6.20 Å². The number of hydrogen-bond acceptors (Lipinski definition) is 6. The van der Waals surface area contributed by atoms with Crippen molar-refractivity contribution in [1.82, 2.24) is 20.8 Å². The van der Waals surface area contributed by atoms with Crippen molar-refractivity contribution in [2.24, 2.45) is 0 Å². The van der Waals surface area contributed by atoms with Gasteiger partial charge in [0.2, 0.25) is 5.91 Å². The third-order valence-corrected chi connectivity index (χ3v) is 3.02. The van der Waals surface area contributed by atoms with Gasteiger partial charge in [-0.05, 0) is 24.3 Å². The molecule has 8 heteroatoms. The monoisotopic (exact) mass is 314 g/mol. The first-order chi connectivity index (χ1) is 11.2. The second kappa shape index (κ2) is 6.73. The van der Waals surface area contributed by atoms with Gasteiger partial charge in [-0.3, -0.25) is 25.4 Å². The van der Waals surface area contributed by atoms with E-state index in [0.29, 0.717) is 30.5 Å². The molecule has 0 atom stereocenters. The van der Waals surface area contributed by atoms with E-state index >= 15 is 0 Å². The Labute approximate surface area is 131 Å². The molecule has 118 valence electrons. The summed E-state index contributed by atoms with van der Waals surface area (Å²) in [5, 5.41) is 0. The Hall–Kier alpha value is -3.16. The summed E-state index contributed by atoms with van der Waals surface area (Å²) in [7, 11) is 0. The van der Waals surface area contributed by atoms with E-state index in [2.05, 4.69) is 20.8 Å². The van der Waals surface area contributed by atoms with Crippen molar-refractivity contribution < 1.29 is 19.1 Å². The summed E-state index contributed by atoms with van der Waals surface area (Å²) >= 11 is 0. The molecule has 2 N–H and O–H groups in total. The normalized spacial score (nSPS) is 12.3. The third kappa shape index (κ3) is 3.73. The first-order valence-electron chi connectivity index (χ1n) is 6.98. The van der Waals surface area contributed by atoms with Gasteiger partial charge in [0.1, 0.15) is 18.9 Å². The second-order valence-electron chi connectivity index (χ2n) is 4.70. The van der Waals surface area contributed by atoms with Crippen LogP contribution in [0.3, 0.4) is 0 Å². The van der Waals surface area contributed by atoms with Gasteiger partial charge in [-0.1, -0.05) is 6.07 Å². The first kappa shape index (κ1) is 14.8. The largest absolute Gasteiger partial charge is 0.484 e. The van der Waals surface area contributed by atoms with Crippen molar-refractivity contribution >= 4 is 11.8 Å². The molecule has 0 fully saturated rings. The van der Waals surface area contributed by atoms with Crippen LogP contribution in [0.15, 0.2) is 36.5 Å². The molecule has 23 heavy (non-hydrogen) atoms. The highest BCUT2D eigenvalue weighted by molar-refractivity contribution is 5.93. The molecule has 0 radical (unpaired) electrons. The minimum Gasteiger partial charge on any atom is -0.484 e. The number of nitrogens with one attached hydrogen (secondary N) is 2. The molecular weight excluding hydrogens is 300 g/mol. The highest BCUT2D eigenvalue weighted by Gasteiger charge is 2.15. The van der Waals surface area contributed by atoms with Crippen LogP contribution in [0.5, 0.6) is 11.6 Å². The van der Waals surface area contributed by atoms with Crippen molar-refractivity contribution in [3.05, 3.63) is 47.9 Å². The zero-order chi connectivity index (χ0) is 16.1. The lowest BCUT2D eigenvalue weighted by molar-refractivity contribution is -0.121. The van der Waals surface area contributed by atoms with E-state index in [1.54, 1.807) is 30.3 Å². The zero-order valence-electron chi connectivity index (χ0n) is 12.1. The van der Waals surface area contributed by atoms with Crippen LogP contribution in [0.25, 0.3) is 0 Å². The quantitative estimate of drug-likeness (QED) is 0.787. The van der Waals surface area contributed by atoms with Gasteiger partial charge in [0.15, 0.2) is 5.75 Å². The number of hydrazine groups is 1. The van der Waals surface area contributed by atoms with Crippen LogP contribution in [0.4, 0.5) is 0 Å². The number of aromatic nitrogens is 2. The molecule has 8 nitrogen and oxygen atoms in total. The molecule has 2 aromatic rings. The molecule has 0 bridgehead atoms. The molecule has 0 aliphatic carbocycles. The number of rotatable bonds is 3. The molecule has 1 aliphatic rings. The molecule has 2 aromatic heterocycles. The fourth-order valence-electron chi connectivity index (χ4n) is 1.96. The third-order valence-electron chi connectivity index (χ3n) is 3.02. The number of pyridine rings is 2. The summed E-state index contributed by atoms with van der Waals surface area (Å²) < 4.78 is 10.7. The molecule has 1 aliphatic heterocycles. The predicted molar refractivity (Wildman–Crippen MR) is 78.8 cm³/mol. The Kier molecular flexibility index (Phi) is 4.32. The number of amides is 2. The van der Waals surface area contributed by atoms with Crippen LogP contribution in [0.1, 0.15) is 16.2 Å². The summed E-state index contributed by atoms with van der Waals surface area (Å²) in [4.78, 5) is 31.7. The van der Waals surface area contributed by atoms with Crippen LogP contribution in [0, 0.1) is 0 Å². The molecule has 3 heterocycles. The van der Waals surface area contributed by atoms with E-state index < -0.39 is 11.8 Å². The minimum atomic E-state index is -0.492. The molecule has 3 rings (SSSR count). The van der Waals surface area contributed by atoms with E-state index in [9.17, 15) is 9.59 Å². The summed E-state index contributed by atoms with van der Waals surface area (Å²) in [5.74, 6) is 0.0375. The van der Waals surface area contributed by atoms with Gasteiger partial charge in [0.05, 0.1) is 12.1 Å². The number of carbonyl (C=O) groups is 2. The second-order valence-corrected chi connectivity index (χ2v) is 4.70. The standard InChI is InChI=1S/C15H14N4O4/c20-13(18-19-14(21)11-3-1-2-6-16-11)9-10-4-5-12-15(17-10)23-8-7-22-12/h1-6H,7-9H2,(H,18,20)(H,19,21). The lowest BCUT2D eigenvalue weighted by atomic mass is 10.2. The Morgan fingerprint density at radius 1 is 1.09 bits per heavy atom. The van der Waals surface area contributed by atoms with Crippen LogP contribution in [-0.2, 0) is 11.2 Å². The van der Waals surface area contributed by atoms with E-state index in [4.69, 9.17) is 9.47 Å².